The molecule has 1 saturated heterocycles. The van der Waals surface area contributed by atoms with Crippen molar-refractivity contribution in [3.8, 4) is 11.5 Å². The van der Waals surface area contributed by atoms with Gasteiger partial charge in [0.25, 0.3) is 0 Å². The van der Waals surface area contributed by atoms with Crippen molar-refractivity contribution in [3.05, 3.63) is 53.4 Å². The standard InChI is InChI=1S/C29H35F3N2O4Si/c1-39(2,3)11-10-36-18-34-15-22(20-4-5-20)26-25(7-9-33-28(26)34)38-27-23(30)13-19(14-24(27)31)12-21(35)6-8-29(32)16-37-17-29/h7,9,13-15,20H,4-6,8,10-12,16-18H2,1-3H3. The van der Waals surface area contributed by atoms with Crippen molar-refractivity contribution in [1.29, 1.82) is 0 Å². The van der Waals surface area contributed by atoms with E-state index in [1.807, 2.05) is 10.8 Å². The molecule has 10 heteroatoms. The Kier molecular flexibility index (Phi) is 7.90. The number of carbonyl (C=O) groups excluding carboxylic acids is 1. The molecule has 2 fully saturated rings. The molecule has 2 aromatic heterocycles. The van der Waals surface area contributed by atoms with Crippen LogP contribution in [0.3, 0.4) is 0 Å². The third kappa shape index (κ3) is 6.73. The third-order valence-corrected chi connectivity index (χ3v) is 8.94. The summed E-state index contributed by atoms with van der Waals surface area (Å²) in [6.07, 6.45) is 5.48. The molecule has 0 atom stereocenters. The van der Waals surface area contributed by atoms with Crippen molar-refractivity contribution in [2.24, 2.45) is 0 Å². The van der Waals surface area contributed by atoms with Gasteiger partial charge in [0.15, 0.2) is 23.1 Å². The van der Waals surface area contributed by atoms with Gasteiger partial charge in [-0.1, -0.05) is 19.6 Å². The molecule has 3 aromatic rings. The highest BCUT2D eigenvalue weighted by molar-refractivity contribution is 6.76. The summed E-state index contributed by atoms with van der Waals surface area (Å²) in [7, 11) is -1.22. The zero-order valence-electron chi connectivity index (χ0n) is 22.7. The summed E-state index contributed by atoms with van der Waals surface area (Å²) in [5.74, 6) is -1.96. The summed E-state index contributed by atoms with van der Waals surface area (Å²) in [5.41, 5.74) is 0.388. The minimum atomic E-state index is -1.47. The molecule has 0 bridgehead atoms. The lowest BCUT2D eigenvalue weighted by atomic mass is 9.95. The Morgan fingerprint density at radius 3 is 2.54 bits per heavy atom. The molecule has 1 saturated carbocycles. The number of aromatic nitrogens is 2. The average Bonchev–Trinajstić information content (AvgIpc) is 3.62. The normalized spacial score (nSPS) is 16.9. The van der Waals surface area contributed by atoms with Gasteiger partial charge in [-0.3, -0.25) is 4.79 Å². The SMILES string of the molecule is C[Si](C)(C)CCOCn1cc(C2CC2)c2c(Oc3c(F)cc(CC(=O)CCC4(F)COC4)cc3F)ccnc21. The molecule has 0 N–H and O–H groups in total. The van der Waals surface area contributed by atoms with E-state index in [0.717, 1.165) is 42.0 Å². The van der Waals surface area contributed by atoms with Crippen LogP contribution < -0.4 is 4.74 Å². The van der Waals surface area contributed by atoms with Gasteiger partial charge in [0.05, 0.1) is 18.6 Å². The summed E-state index contributed by atoms with van der Waals surface area (Å²) in [4.78, 5) is 16.8. The van der Waals surface area contributed by atoms with E-state index < -0.39 is 31.1 Å². The molecule has 0 radical (unpaired) electrons. The van der Waals surface area contributed by atoms with Gasteiger partial charge in [0.2, 0.25) is 0 Å². The average molecular weight is 561 g/mol. The van der Waals surface area contributed by atoms with E-state index in [-0.39, 0.29) is 43.8 Å². The zero-order chi connectivity index (χ0) is 27.8. The van der Waals surface area contributed by atoms with Crippen molar-refractivity contribution in [2.75, 3.05) is 19.8 Å². The maximum absolute atomic E-state index is 15.1. The van der Waals surface area contributed by atoms with Crippen LogP contribution in [0.5, 0.6) is 11.5 Å². The third-order valence-electron chi connectivity index (χ3n) is 7.24. The number of nitrogens with zero attached hydrogens (tertiary/aromatic N) is 2. The second-order valence-electron chi connectivity index (χ2n) is 12.0. The number of halogens is 3. The van der Waals surface area contributed by atoms with Crippen LogP contribution >= 0.6 is 0 Å². The van der Waals surface area contributed by atoms with Gasteiger partial charge in [-0.05, 0) is 60.6 Å². The van der Waals surface area contributed by atoms with E-state index >= 15 is 8.78 Å². The van der Waals surface area contributed by atoms with Crippen LogP contribution in [-0.4, -0.2) is 48.9 Å². The van der Waals surface area contributed by atoms with Crippen molar-refractivity contribution in [3.63, 3.8) is 0 Å². The van der Waals surface area contributed by atoms with E-state index in [4.69, 9.17) is 14.2 Å². The molecule has 0 amide bonds. The van der Waals surface area contributed by atoms with Crippen LogP contribution in [0.1, 0.15) is 42.7 Å². The molecule has 1 aliphatic heterocycles. The molecule has 0 unspecified atom stereocenters. The molecule has 210 valence electrons. The van der Waals surface area contributed by atoms with Crippen LogP contribution in [0.2, 0.25) is 25.7 Å². The number of fused-ring (bicyclic) bond motifs is 1. The number of rotatable bonds is 13. The Bertz CT molecular complexity index is 1340. The van der Waals surface area contributed by atoms with Crippen LogP contribution in [-0.2, 0) is 27.4 Å². The Morgan fingerprint density at radius 1 is 1.21 bits per heavy atom. The van der Waals surface area contributed by atoms with Gasteiger partial charge in [0, 0.05) is 39.9 Å². The first kappa shape index (κ1) is 27.9. The predicted molar refractivity (Wildman–Crippen MR) is 145 cm³/mol. The number of alkyl halides is 1. The lowest BCUT2D eigenvalue weighted by Gasteiger charge is -2.33. The lowest BCUT2D eigenvalue weighted by Crippen LogP contribution is -2.45. The van der Waals surface area contributed by atoms with Crippen LogP contribution in [0.4, 0.5) is 13.2 Å². The van der Waals surface area contributed by atoms with Crippen molar-refractivity contribution in [2.45, 2.75) is 76.1 Å². The van der Waals surface area contributed by atoms with E-state index in [9.17, 15) is 9.18 Å². The fourth-order valence-electron chi connectivity index (χ4n) is 4.71. The van der Waals surface area contributed by atoms with E-state index in [1.54, 1.807) is 12.3 Å². The molecule has 5 rings (SSSR count). The topological polar surface area (TPSA) is 62.6 Å². The van der Waals surface area contributed by atoms with Crippen LogP contribution in [0, 0.1) is 11.6 Å². The summed E-state index contributed by atoms with van der Waals surface area (Å²) in [6.45, 7) is 7.86. The summed E-state index contributed by atoms with van der Waals surface area (Å²) in [5, 5.41) is 0.729. The fraction of sp³-hybridized carbons (Fsp3) is 0.517. The molecule has 39 heavy (non-hydrogen) atoms. The zero-order valence-corrected chi connectivity index (χ0v) is 23.7. The minimum absolute atomic E-state index is 0.0147. The highest BCUT2D eigenvalue weighted by Crippen LogP contribution is 2.47. The second kappa shape index (κ2) is 11.1. The quantitative estimate of drug-likeness (QED) is 0.168. The van der Waals surface area contributed by atoms with Crippen molar-refractivity contribution in [1.82, 2.24) is 9.55 Å². The molecule has 3 heterocycles. The maximum Gasteiger partial charge on any atom is 0.198 e. The molecule has 2 aliphatic rings. The fourth-order valence-corrected chi connectivity index (χ4v) is 5.47. The Morgan fingerprint density at radius 2 is 1.92 bits per heavy atom. The lowest BCUT2D eigenvalue weighted by molar-refractivity contribution is -0.139. The second-order valence-corrected chi connectivity index (χ2v) is 17.7. The monoisotopic (exact) mass is 560 g/mol. The summed E-state index contributed by atoms with van der Waals surface area (Å²) in [6, 6.07) is 4.87. The number of benzene rings is 1. The van der Waals surface area contributed by atoms with E-state index in [1.165, 1.54) is 0 Å². The van der Waals surface area contributed by atoms with Crippen LogP contribution in [0.15, 0.2) is 30.6 Å². The number of hydrogen-bond donors (Lipinski definition) is 0. The molecule has 1 aromatic carbocycles. The van der Waals surface area contributed by atoms with Gasteiger partial charge in [-0.2, -0.15) is 0 Å². The largest absolute Gasteiger partial charge is 0.450 e. The van der Waals surface area contributed by atoms with Crippen molar-refractivity contribution < 1.29 is 32.2 Å². The summed E-state index contributed by atoms with van der Waals surface area (Å²) >= 11 is 0. The first-order valence-electron chi connectivity index (χ1n) is 13.5. The Balaban J connectivity index is 1.33. The highest BCUT2D eigenvalue weighted by Gasteiger charge is 2.38. The highest BCUT2D eigenvalue weighted by atomic mass is 28.3. The van der Waals surface area contributed by atoms with Crippen molar-refractivity contribution >= 4 is 24.9 Å². The predicted octanol–water partition coefficient (Wildman–Crippen LogP) is 6.93. The Hall–Kier alpha value is -2.69. The smallest absolute Gasteiger partial charge is 0.198 e. The van der Waals surface area contributed by atoms with E-state index in [0.29, 0.717) is 30.7 Å². The molecule has 0 spiro atoms. The number of pyridine rings is 1. The molecular formula is C29H35F3N2O4Si. The number of carbonyl (C=O) groups is 1. The number of Topliss-reactive ketones (excluding diaryl/α,β-unsaturated/α-hetero) is 1. The number of ketones is 1. The van der Waals surface area contributed by atoms with Crippen LogP contribution in [0.25, 0.3) is 11.0 Å². The number of hydrogen-bond acceptors (Lipinski definition) is 5. The van der Waals surface area contributed by atoms with Gasteiger partial charge in [-0.15, -0.1) is 0 Å². The van der Waals surface area contributed by atoms with Gasteiger partial charge in [0.1, 0.15) is 23.9 Å². The summed E-state index contributed by atoms with van der Waals surface area (Å²) < 4.78 is 62.8. The van der Waals surface area contributed by atoms with Gasteiger partial charge in [-0.25, -0.2) is 18.2 Å². The number of ether oxygens (including phenoxy) is 3. The maximum atomic E-state index is 15.1. The molecule has 1 aliphatic carbocycles. The molecular weight excluding hydrogens is 525 g/mol. The molecule has 6 nitrogen and oxygen atoms in total. The van der Waals surface area contributed by atoms with Gasteiger partial charge < -0.3 is 18.8 Å². The van der Waals surface area contributed by atoms with E-state index in [2.05, 4.69) is 24.6 Å². The first-order valence-corrected chi connectivity index (χ1v) is 17.2. The Labute approximate surface area is 227 Å². The van der Waals surface area contributed by atoms with Gasteiger partial charge >= 0.3 is 0 Å². The first-order chi connectivity index (χ1) is 18.5. The minimum Gasteiger partial charge on any atom is -0.450 e.